The number of halogens is 4. The highest BCUT2D eigenvalue weighted by molar-refractivity contribution is 9.10. The molecule has 38 heavy (non-hydrogen) atoms. The van der Waals surface area contributed by atoms with Crippen molar-refractivity contribution in [3.63, 3.8) is 0 Å². The van der Waals surface area contributed by atoms with E-state index in [1.165, 1.54) is 12.1 Å². The van der Waals surface area contributed by atoms with Gasteiger partial charge in [0, 0.05) is 24.8 Å². The third-order valence-corrected chi connectivity index (χ3v) is 5.94. The number of rotatable bonds is 4. The van der Waals surface area contributed by atoms with Crippen molar-refractivity contribution in [1.82, 2.24) is 25.0 Å². The zero-order chi connectivity index (χ0) is 27.7. The maximum atomic E-state index is 13.9. The Hall–Kier alpha value is -3.55. The normalized spacial score (nSPS) is 16.3. The molecule has 10 nitrogen and oxygen atoms in total. The monoisotopic (exact) mass is 596 g/mol. The van der Waals surface area contributed by atoms with Crippen LogP contribution in [-0.2, 0) is 10.9 Å². The van der Waals surface area contributed by atoms with Gasteiger partial charge in [-0.05, 0) is 67.7 Å². The minimum Gasteiger partial charge on any atom is -0.444 e. The van der Waals surface area contributed by atoms with Gasteiger partial charge < -0.3 is 19.5 Å². The van der Waals surface area contributed by atoms with E-state index in [1.807, 2.05) is 0 Å². The van der Waals surface area contributed by atoms with Crippen LogP contribution in [0.2, 0.25) is 0 Å². The average Bonchev–Trinajstić information content (AvgIpc) is 3.33. The van der Waals surface area contributed by atoms with Crippen LogP contribution in [0.1, 0.15) is 61.5 Å². The molecule has 3 aromatic heterocycles. The van der Waals surface area contributed by atoms with Gasteiger partial charge in [-0.3, -0.25) is 4.79 Å². The van der Waals surface area contributed by atoms with E-state index in [2.05, 4.69) is 41.4 Å². The van der Waals surface area contributed by atoms with E-state index in [1.54, 1.807) is 31.7 Å². The third kappa shape index (κ3) is 6.65. The number of piperidine rings is 1. The van der Waals surface area contributed by atoms with Gasteiger partial charge >= 0.3 is 12.3 Å². The maximum absolute atomic E-state index is 13.9. The van der Waals surface area contributed by atoms with Crippen molar-refractivity contribution in [3.8, 4) is 11.4 Å². The Morgan fingerprint density at radius 3 is 2.66 bits per heavy atom. The number of carbonyl (C=O) groups excluding carboxylic acids is 2. The fraction of sp³-hybridized carbons (Fsp3) is 0.417. The van der Waals surface area contributed by atoms with Crippen LogP contribution >= 0.6 is 15.9 Å². The molecular weight excluding hydrogens is 573 g/mol. The van der Waals surface area contributed by atoms with Gasteiger partial charge in [-0.1, -0.05) is 11.2 Å². The summed E-state index contributed by atoms with van der Waals surface area (Å²) in [5.41, 5.74) is -1.97. The number of alkyl halides is 3. The van der Waals surface area contributed by atoms with Crippen LogP contribution in [0.5, 0.6) is 0 Å². The Balaban J connectivity index is 1.54. The highest BCUT2D eigenvalue weighted by atomic mass is 79.9. The minimum atomic E-state index is -4.83. The molecule has 14 heteroatoms. The summed E-state index contributed by atoms with van der Waals surface area (Å²) < 4.78 is 52.7. The first-order valence-electron chi connectivity index (χ1n) is 11.6. The van der Waals surface area contributed by atoms with Crippen LogP contribution in [-0.4, -0.2) is 55.7 Å². The second-order valence-electron chi connectivity index (χ2n) is 9.64. The summed E-state index contributed by atoms with van der Waals surface area (Å²) in [6.45, 7) is 6.10. The molecule has 1 N–H and O–H groups in total. The van der Waals surface area contributed by atoms with E-state index in [4.69, 9.17) is 9.26 Å². The topological polar surface area (TPSA) is 123 Å². The first-order valence-corrected chi connectivity index (χ1v) is 12.4. The summed E-state index contributed by atoms with van der Waals surface area (Å²) in [6.07, 6.45) is -2.86. The number of amides is 2. The van der Waals surface area contributed by atoms with Gasteiger partial charge in [0.2, 0.25) is 11.7 Å². The molecule has 4 heterocycles. The molecule has 0 aromatic carbocycles. The lowest BCUT2D eigenvalue weighted by Gasteiger charge is -2.32. The third-order valence-electron chi connectivity index (χ3n) is 5.50. The molecule has 2 amide bonds. The van der Waals surface area contributed by atoms with Crippen molar-refractivity contribution in [2.24, 2.45) is 0 Å². The van der Waals surface area contributed by atoms with E-state index in [-0.39, 0.29) is 35.4 Å². The molecular formula is C24H24BrF3N6O4. The van der Waals surface area contributed by atoms with E-state index in [0.29, 0.717) is 24.0 Å². The van der Waals surface area contributed by atoms with E-state index in [0.717, 1.165) is 12.3 Å². The molecule has 202 valence electrons. The molecule has 1 atom stereocenters. The summed E-state index contributed by atoms with van der Waals surface area (Å²) in [4.78, 5) is 38.5. The second-order valence-corrected chi connectivity index (χ2v) is 10.5. The van der Waals surface area contributed by atoms with Gasteiger partial charge in [0.15, 0.2) is 0 Å². The summed E-state index contributed by atoms with van der Waals surface area (Å²) in [6, 6.07) is 5.25. The number of hydrogen-bond acceptors (Lipinski definition) is 8. The zero-order valence-electron chi connectivity index (χ0n) is 20.7. The predicted octanol–water partition coefficient (Wildman–Crippen LogP) is 5.67. The Kier molecular flexibility index (Phi) is 7.72. The zero-order valence-corrected chi connectivity index (χ0v) is 22.3. The first kappa shape index (κ1) is 27.5. The molecule has 0 aliphatic carbocycles. The van der Waals surface area contributed by atoms with E-state index in [9.17, 15) is 22.8 Å². The largest absolute Gasteiger partial charge is 0.444 e. The number of nitrogens with zero attached hydrogens (tertiary/aromatic N) is 5. The SMILES string of the molecule is CC(C)(C)OC(=O)N1CCC[C@H](c2nc(-c3cnc(NC(=O)c4cccc(Br)n4)c(C(F)(F)F)c3)no2)C1. The lowest BCUT2D eigenvalue weighted by Crippen LogP contribution is -2.42. The summed E-state index contributed by atoms with van der Waals surface area (Å²) in [7, 11) is 0. The molecule has 1 fully saturated rings. The molecule has 1 aliphatic rings. The van der Waals surface area contributed by atoms with Gasteiger partial charge in [-0.2, -0.15) is 18.2 Å². The molecule has 0 spiro atoms. The van der Waals surface area contributed by atoms with E-state index >= 15 is 0 Å². The van der Waals surface area contributed by atoms with E-state index < -0.39 is 35.2 Å². The minimum absolute atomic E-state index is 0.0503. The predicted molar refractivity (Wildman–Crippen MR) is 132 cm³/mol. The van der Waals surface area contributed by atoms with Crippen LogP contribution in [0.3, 0.4) is 0 Å². The fourth-order valence-corrected chi connectivity index (χ4v) is 4.14. The Morgan fingerprint density at radius 2 is 1.97 bits per heavy atom. The Bertz CT molecular complexity index is 1340. The number of nitrogens with one attached hydrogen (secondary N) is 1. The fourth-order valence-electron chi connectivity index (χ4n) is 3.80. The quantitative estimate of drug-likeness (QED) is 0.382. The van der Waals surface area contributed by atoms with Crippen molar-refractivity contribution in [3.05, 3.63) is 52.2 Å². The van der Waals surface area contributed by atoms with Crippen LogP contribution in [0, 0.1) is 0 Å². The Labute approximate surface area is 224 Å². The highest BCUT2D eigenvalue weighted by Crippen LogP contribution is 2.36. The van der Waals surface area contributed by atoms with Crippen molar-refractivity contribution in [2.45, 2.75) is 51.3 Å². The van der Waals surface area contributed by atoms with Crippen molar-refractivity contribution in [2.75, 3.05) is 18.4 Å². The molecule has 4 rings (SSSR count). The van der Waals surface area contributed by atoms with Crippen LogP contribution in [0.15, 0.2) is 39.6 Å². The average molecular weight is 597 g/mol. The first-order chi connectivity index (χ1) is 17.8. The lowest BCUT2D eigenvalue weighted by atomic mass is 9.98. The molecule has 0 unspecified atom stereocenters. The molecule has 0 saturated carbocycles. The van der Waals surface area contributed by atoms with Gasteiger partial charge in [-0.25, -0.2) is 14.8 Å². The molecule has 0 bridgehead atoms. The lowest BCUT2D eigenvalue weighted by molar-refractivity contribution is -0.137. The molecule has 1 aliphatic heterocycles. The number of ether oxygens (including phenoxy) is 1. The van der Waals surface area contributed by atoms with Crippen molar-refractivity contribution in [1.29, 1.82) is 0 Å². The van der Waals surface area contributed by atoms with Crippen LogP contribution in [0.25, 0.3) is 11.4 Å². The van der Waals surface area contributed by atoms with Gasteiger partial charge in [0.1, 0.15) is 21.7 Å². The number of pyridine rings is 2. The number of likely N-dealkylation sites (tertiary alicyclic amines) is 1. The summed E-state index contributed by atoms with van der Waals surface area (Å²) >= 11 is 3.11. The summed E-state index contributed by atoms with van der Waals surface area (Å²) in [5, 5.41) is 5.99. The van der Waals surface area contributed by atoms with Crippen molar-refractivity contribution >= 4 is 33.7 Å². The standard InChI is InChI=1S/C24H24BrF3N6O4/c1-23(2,3)37-22(36)34-9-5-6-13(12-34)21-32-18(33-38-21)14-10-15(24(26,27)28)19(29-11-14)31-20(35)16-7-4-8-17(25)30-16/h4,7-8,10-11,13H,5-6,9,12H2,1-3H3,(H,29,31,35)/t13-/m0/s1. The van der Waals surface area contributed by atoms with Gasteiger partial charge in [0.25, 0.3) is 5.91 Å². The number of carbonyl (C=O) groups is 2. The second kappa shape index (κ2) is 10.7. The van der Waals surface area contributed by atoms with Crippen LogP contribution < -0.4 is 5.32 Å². The number of aromatic nitrogens is 4. The van der Waals surface area contributed by atoms with Crippen LogP contribution in [0.4, 0.5) is 23.8 Å². The molecule has 1 saturated heterocycles. The number of hydrogen-bond donors (Lipinski definition) is 1. The highest BCUT2D eigenvalue weighted by Gasteiger charge is 2.36. The maximum Gasteiger partial charge on any atom is 0.419 e. The molecule has 3 aromatic rings. The van der Waals surface area contributed by atoms with Gasteiger partial charge in [0.05, 0.1) is 11.5 Å². The number of anilines is 1. The summed E-state index contributed by atoms with van der Waals surface area (Å²) in [5.74, 6) is -1.74. The van der Waals surface area contributed by atoms with Gasteiger partial charge in [-0.15, -0.1) is 0 Å². The smallest absolute Gasteiger partial charge is 0.419 e. The van der Waals surface area contributed by atoms with Crippen molar-refractivity contribution < 1.29 is 32.0 Å². The Morgan fingerprint density at radius 1 is 1.21 bits per heavy atom. The molecule has 0 radical (unpaired) electrons.